The summed E-state index contributed by atoms with van der Waals surface area (Å²) in [5, 5.41) is 13.1. The van der Waals surface area contributed by atoms with Crippen molar-refractivity contribution in [3.8, 4) is 16.3 Å². The van der Waals surface area contributed by atoms with Crippen molar-refractivity contribution in [3.63, 3.8) is 0 Å². The number of benzene rings is 1. The number of aromatic nitrogens is 3. The largest absolute Gasteiger partial charge is 0.491 e. The molecule has 2 aromatic heterocycles. The second-order valence-electron chi connectivity index (χ2n) is 4.93. The van der Waals surface area contributed by atoms with Gasteiger partial charge in [0, 0.05) is 10.9 Å². The fourth-order valence-electron chi connectivity index (χ4n) is 1.85. The van der Waals surface area contributed by atoms with Crippen LogP contribution in [0.3, 0.4) is 0 Å². The average molecular weight is 346 g/mol. The van der Waals surface area contributed by atoms with Crippen molar-refractivity contribution in [3.05, 3.63) is 40.8 Å². The lowest BCUT2D eigenvalue weighted by molar-refractivity contribution is 0.102. The van der Waals surface area contributed by atoms with Crippen LogP contribution in [-0.2, 0) is 0 Å². The van der Waals surface area contributed by atoms with Gasteiger partial charge in [0.15, 0.2) is 0 Å². The van der Waals surface area contributed by atoms with E-state index in [-0.39, 0.29) is 12.0 Å². The lowest BCUT2D eigenvalue weighted by Gasteiger charge is -2.09. The molecule has 2 heterocycles. The molecule has 0 bridgehead atoms. The van der Waals surface area contributed by atoms with Gasteiger partial charge in [-0.1, -0.05) is 11.3 Å². The maximum absolute atomic E-state index is 12.1. The Kier molecular flexibility index (Phi) is 4.63. The third kappa shape index (κ3) is 3.91. The summed E-state index contributed by atoms with van der Waals surface area (Å²) in [4.78, 5) is 16.5. The molecule has 0 fully saturated rings. The lowest BCUT2D eigenvalue weighted by Crippen LogP contribution is -2.12. The summed E-state index contributed by atoms with van der Waals surface area (Å²) in [7, 11) is 0. The highest BCUT2D eigenvalue weighted by molar-refractivity contribution is 7.14. The SMILES string of the molecule is CC(C)Oc1ccc(-c2nc(C(=O)Nc3nncs3)cs2)cc1. The minimum absolute atomic E-state index is 0.136. The number of hydrogen-bond donors (Lipinski definition) is 1. The van der Waals surface area contributed by atoms with Crippen LogP contribution in [0.2, 0.25) is 0 Å². The molecule has 6 nitrogen and oxygen atoms in total. The van der Waals surface area contributed by atoms with Crippen molar-refractivity contribution < 1.29 is 9.53 Å². The molecule has 1 N–H and O–H groups in total. The Balaban J connectivity index is 1.72. The van der Waals surface area contributed by atoms with E-state index >= 15 is 0 Å². The van der Waals surface area contributed by atoms with Gasteiger partial charge in [-0.3, -0.25) is 10.1 Å². The summed E-state index contributed by atoms with van der Waals surface area (Å²) in [6.07, 6.45) is 0.136. The third-order valence-corrected chi connectivity index (χ3v) is 4.29. The summed E-state index contributed by atoms with van der Waals surface area (Å²) >= 11 is 2.68. The number of amides is 1. The predicted octanol–water partition coefficient (Wildman–Crippen LogP) is 3.70. The Labute approximate surface area is 141 Å². The zero-order valence-corrected chi connectivity index (χ0v) is 14.1. The Morgan fingerprint density at radius 3 is 2.65 bits per heavy atom. The molecule has 0 saturated heterocycles. The van der Waals surface area contributed by atoms with E-state index in [2.05, 4.69) is 20.5 Å². The summed E-state index contributed by atoms with van der Waals surface area (Å²) in [5.74, 6) is 0.526. The van der Waals surface area contributed by atoms with Crippen LogP contribution in [0.25, 0.3) is 10.6 Å². The average Bonchev–Trinajstić information content (AvgIpc) is 3.18. The Hall–Kier alpha value is -2.32. The zero-order valence-electron chi connectivity index (χ0n) is 12.5. The molecule has 23 heavy (non-hydrogen) atoms. The normalized spacial score (nSPS) is 10.7. The van der Waals surface area contributed by atoms with E-state index < -0.39 is 0 Å². The van der Waals surface area contributed by atoms with E-state index in [1.807, 2.05) is 38.1 Å². The molecule has 0 aliphatic heterocycles. The lowest BCUT2D eigenvalue weighted by atomic mass is 10.2. The molecule has 0 spiro atoms. The number of rotatable bonds is 5. The molecule has 1 aromatic carbocycles. The molecule has 0 saturated carbocycles. The first-order valence-electron chi connectivity index (χ1n) is 6.92. The van der Waals surface area contributed by atoms with Crippen molar-refractivity contribution in [2.24, 2.45) is 0 Å². The molecule has 118 valence electrons. The van der Waals surface area contributed by atoms with Gasteiger partial charge >= 0.3 is 0 Å². The topological polar surface area (TPSA) is 77.0 Å². The zero-order chi connectivity index (χ0) is 16.2. The first-order valence-corrected chi connectivity index (χ1v) is 8.68. The molecule has 1 amide bonds. The minimum Gasteiger partial charge on any atom is -0.491 e. The summed E-state index contributed by atoms with van der Waals surface area (Å²) < 4.78 is 5.61. The standard InChI is InChI=1S/C15H14N4O2S2/c1-9(2)21-11-5-3-10(4-6-11)14-17-12(7-22-14)13(20)18-15-19-16-8-23-15/h3-9H,1-2H3,(H,18,19,20). The van der Waals surface area contributed by atoms with Gasteiger partial charge in [-0.05, 0) is 38.1 Å². The van der Waals surface area contributed by atoms with Crippen LogP contribution >= 0.6 is 22.7 Å². The van der Waals surface area contributed by atoms with Crippen LogP contribution in [0, 0.1) is 0 Å². The Bertz CT molecular complexity index is 782. The van der Waals surface area contributed by atoms with Crippen molar-refractivity contribution in [2.75, 3.05) is 5.32 Å². The molecular formula is C15H14N4O2S2. The predicted molar refractivity (Wildman–Crippen MR) is 91.2 cm³/mol. The quantitative estimate of drug-likeness (QED) is 0.762. The van der Waals surface area contributed by atoms with E-state index in [4.69, 9.17) is 4.74 Å². The second kappa shape index (κ2) is 6.84. The number of ether oxygens (including phenoxy) is 1. The summed E-state index contributed by atoms with van der Waals surface area (Å²) in [6.45, 7) is 3.97. The highest BCUT2D eigenvalue weighted by Crippen LogP contribution is 2.26. The van der Waals surface area contributed by atoms with Crippen molar-refractivity contribution in [2.45, 2.75) is 20.0 Å². The van der Waals surface area contributed by atoms with Gasteiger partial charge < -0.3 is 4.74 Å². The highest BCUT2D eigenvalue weighted by Gasteiger charge is 2.13. The fraction of sp³-hybridized carbons (Fsp3) is 0.200. The van der Waals surface area contributed by atoms with Crippen molar-refractivity contribution >= 4 is 33.7 Å². The molecule has 8 heteroatoms. The second-order valence-corrected chi connectivity index (χ2v) is 6.62. The third-order valence-electron chi connectivity index (χ3n) is 2.79. The number of nitrogens with zero attached hydrogens (tertiary/aromatic N) is 3. The van der Waals surface area contributed by atoms with Crippen LogP contribution in [0.4, 0.5) is 5.13 Å². The molecule has 0 unspecified atom stereocenters. The fourth-order valence-corrected chi connectivity index (χ4v) is 3.09. The summed E-state index contributed by atoms with van der Waals surface area (Å²) in [5.41, 5.74) is 2.87. The Morgan fingerprint density at radius 2 is 2.00 bits per heavy atom. The van der Waals surface area contributed by atoms with E-state index in [0.717, 1.165) is 16.3 Å². The van der Waals surface area contributed by atoms with Crippen LogP contribution < -0.4 is 10.1 Å². The van der Waals surface area contributed by atoms with Gasteiger partial charge in [-0.25, -0.2) is 4.98 Å². The van der Waals surface area contributed by atoms with Gasteiger partial charge in [-0.15, -0.1) is 21.5 Å². The van der Waals surface area contributed by atoms with Crippen molar-refractivity contribution in [1.82, 2.24) is 15.2 Å². The summed E-state index contributed by atoms with van der Waals surface area (Å²) in [6, 6.07) is 7.67. The molecular weight excluding hydrogens is 332 g/mol. The number of anilines is 1. The van der Waals surface area contributed by atoms with E-state index in [0.29, 0.717) is 10.8 Å². The Morgan fingerprint density at radius 1 is 1.22 bits per heavy atom. The number of thiazole rings is 1. The molecule has 0 radical (unpaired) electrons. The molecule has 3 aromatic rings. The number of nitrogens with one attached hydrogen (secondary N) is 1. The number of carbonyl (C=O) groups is 1. The molecule has 0 atom stereocenters. The van der Waals surface area contributed by atoms with Crippen LogP contribution in [0.5, 0.6) is 5.75 Å². The van der Waals surface area contributed by atoms with Gasteiger partial charge in [0.1, 0.15) is 22.0 Å². The van der Waals surface area contributed by atoms with E-state index in [1.165, 1.54) is 22.7 Å². The van der Waals surface area contributed by atoms with Crippen molar-refractivity contribution in [1.29, 1.82) is 0 Å². The monoisotopic (exact) mass is 346 g/mol. The molecule has 0 aliphatic carbocycles. The first-order chi connectivity index (χ1) is 11.1. The number of carbonyl (C=O) groups excluding carboxylic acids is 1. The van der Waals surface area contributed by atoms with Gasteiger partial charge in [-0.2, -0.15) is 0 Å². The maximum atomic E-state index is 12.1. The van der Waals surface area contributed by atoms with Gasteiger partial charge in [0.05, 0.1) is 6.10 Å². The van der Waals surface area contributed by atoms with Gasteiger partial charge in [0.2, 0.25) is 5.13 Å². The van der Waals surface area contributed by atoms with Crippen LogP contribution in [-0.4, -0.2) is 27.2 Å². The van der Waals surface area contributed by atoms with E-state index in [9.17, 15) is 4.79 Å². The van der Waals surface area contributed by atoms with Gasteiger partial charge in [0.25, 0.3) is 5.91 Å². The molecule has 0 aliphatic rings. The van der Waals surface area contributed by atoms with Crippen LogP contribution in [0.1, 0.15) is 24.3 Å². The van der Waals surface area contributed by atoms with E-state index in [1.54, 1.807) is 10.9 Å². The molecule has 3 rings (SSSR count). The minimum atomic E-state index is -0.288. The first kappa shape index (κ1) is 15.6. The maximum Gasteiger partial charge on any atom is 0.276 e. The smallest absolute Gasteiger partial charge is 0.276 e. The van der Waals surface area contributed by atoms with Crippen LogP contribution in [0.15, 0.2) is 35.2 Å². The highest BCUT2D eigenvalue weighted by atomic mass is 32.1. The number of hydrogen-bond acceptors (Lipinski definition) is 7.